The number of hydrogen-bond acceptors (Lipinski definition) is 7. The number of hydrazine groups is 1. The van der Waals surface area contributed by atoms with Crippen LogP contribution in [0.25, 0.3) is 0 Å². The summed E-state index contributed by atoms with van der Waals surface area (Å²) in [5.74, 6) is -0.0949. The average Bonchev–Trinajstić information content (AvgIpc) is 3.07. The first-order chi connectivity index (χ1) is 13.8. The van der Waals surface area contributed by atoms with Gasteiger partial charge in [-0.2, -0.15) is 0 Å². The number of carbonyl (C=O) groups excluding carboxylic acids is 2. The maximum absolute atomic E-state index is 12.3. The molecule has 1 atom stereocenters. The normalized spacial score (nSPS) is 21.8. The zero-order valence-electron chi connectivity index (χ0n) is 19.3. The maximum atomic E-state index is 12.3. The fourth-order valence-corrected chi connectivity index (χ4v) is 3.70. The second kappa shape index (κ2) is 7.98. The van der Waals surface area contributed by atoms with E-state index in [2.05, 4.69) is 5.43 Å². The first-order valence-electron chi connectivity index (χ1n) is 10.5. The quantitative estimate of drug-likeness (QED) is 0.564. The predicted molar refractivity (Wildman–Crippen MR) is 117 cm³/mol. The first-order valence-corrected chi connectivity index (χ1v) is 10.5. The largest absolute Gasteiger partial charge is 0.494 e. The van der Waals surface area contributed by atoms with Gasteiger partial charge in [0.15, 0.2) is 5.78 Å². The van der Waals surface area contributed by atoms with Crippen LogP contribution in [0.2, 0.25) is 0 Å². The molecule has 2 aliphatic heterocycles. The summed E-state index contributed by atoms with van der Waals surface area (Å²) in [5, 5.41) is 1.72. The SMILES string of the molecule is CC(=O)C1NN(CC(=O)OCC(C)C)c2c(C)cc(B3OC(C)(C)C(C)(C)O3)cc21. The van der Waals surface area contributed by atoms with E-state index in [9.17, 15) is 9.59 Å². The van der Waals surface area contributed by atoms with E-state index in [1.165, 1.54) is 0 Å². The van der Waals surface area contributed by atoms with Gasteiger partial charge < -0.3 is 14.0 Å². The van der Waals surface area contributed by atoms with Gasteiger partial charge >= 0.3 is 13.1 Å². The van der Waals surface area contributed by atoms with Gasteiger partial charge in [-0.3, -0.25) is 14.6 Å². The Morgan fingerprint density at radius 3 is 2.33 bits per heavy atom. The van der Waals surface area contributed by atoms with Crippen molar-refractivity contribution in [3.8, 4) is 0 Å². The van der Waals surface area contributed by atoms with Crippen molar-refractivity contribution < 1.29 is 23.6 Å². The molecule has 1 fully saturated rings. The molecule has 0 bridgehead atoms. The van der Waals surface area contributed by atoms with Crippen LogP contribution in [-0.4, -0.2) is 43.2 Å². The number of anilines is 1. The van der Waals surface area contributed by atoms with Crippen molar-refractivity contribution in [3.63, 3.8) is 0 Å². The van der Waals surface area contributed by atoms with Gasteiger partial charge in [0.1, 0.15) is 12.6 Å². The highest BCUT2D eigenvalue weighted by Crippen LogP contribution is 2.39. The minimum Gasteiger partial charge on any atom is -0.464 e. The Bertz CT molecular complexity index is 836. The Labute approximate surface area is 179 Å². The summed E-state index contributed by atoms with van der Waals surface area (Å²) in [6.45, 7) is 15.9. The second-order valence-electron chi connectivity index (χ2n) is 9.70. The van der Waals surface area contributed by atoms with Crippen molar-refractivity contribution >= 4 is 30.0 Å². The van der Waals surface area contributed by atoms with Gasteiger partial charge in [0.05, 0.1) is 23.5 Å². The number of fused-ring (bicyclic) bond motifs is 1. The molecule has 164 valence electrons. The number of nitrogens with zero attached hydrogens (tertiary/aromatic N) is 1. The molecule has 3 rings (SSSR count). The standard InChI is InChI=1S/C22H33BN2O5/c1-13(2)12-28-18(27)11-25-20-14(3)9-16(10-17(20)19(24-25)15(4)26)23-29-21(5,6)22(7,8)30-23/h9-10,13,19,24H,11-12H2,1-8H3. The minimum atomic E-state index is -0.529. The lowest BCUT2D eigenvalue weighted by atomic mass is 9.76. The molecule has 0 spiro atoms. The summed E-state index contributed by atoms with van der Waals surface area (Å²) < 4.78 is 17.7. The third kappa shape index (κ3) is 4.27. The molecule has 1 aromatic carbocycles. The van der Waals surface area contributed by atoms with Crippen LogP contribution in [0, 0.1) is 12.8 Å². The molecule has 8 heteroatoms. The van der Waals surface area contributed by atoms with E-state index in [-0.39, 0.29) is 24.2 Å². The summed E-state index contributed by atoms with van der Waals surface area (Å²) in [4.78, 5) is 24.6. The van der Waals surface area contributed by atoms with Gasteiger partial charge in [0.2, 0.25) is 0 Å². The number of ketones is 1. The van der Waals surface area contributed by atoms with Gasteiger partial charge in [0, 0.05) is 5.56 Å². The summed E-state index contributed by atoms with van der Waals surface area (Å²) >= 11 is 0. The highest BCUT2D eigenvalue weighted by Gasteiger charge is 2.52. The molecule has 0 saturated carbocycles. The van der Waals surface area contributed by atoms with Crippen molar-refractivity contribution in [3.05, 3.63) is 23.3 Å². The van der Waals surface area contributed by atoms with E-state index in [1.54, 1.807) is 11.9 Å². The molecule has 1 saturated heterocycles. The van der Waals surface area contributed by atoms with Gasteiger partial charge in [-0.25, -0.2) is 5.43 Å². The number of nitrogens with one attached hydrogen (secondary N) is 1. The summed E-state index contributed by atoms with van der Waals surface area (Å²) in [6.07, 6.45) is 0. The van der Waals surface area contributed by atoms with Crippen molar-refractivity contribution in [2.75, 3.05) is 18.2 Å². The number of Topliss-reactive ketones (excluding diaryl/α,β-unsaturated/α-hetero) is 1. The monoisotopic (exact) mass is 416 g/mol. The lowest BCUT2D eigenvalue weighted by molar-refractivity contribution is -0.143. The number of rotatable bonds is 6. The van der Waals surface area contributed by atoms with E-state index in [4.69, 9.17) is 14.0 Å². The molecule has 1 unspecified atom stereocenters. The smallest absolute Gasteiger partial charge is 0.464 e. The Morgan fingerprint density at radius 2 is 1.80 bits per heavy atom. The molecular formula is C22H33BN2O5. The molecule has 2 heterocycles. The van der Waals surface area contributed by atoms with Crippen LogP contribution in [-0.2, 0) is 23.6 Å². The van der Waals surface area contributed by atoms with Crippen molar-refractivity contribution in [2.24, 2.45) is 5.92 Å². The van der Waals surface area contributed by atoms with Crippen molar-refractivity contribution in [1.29, 1.82) is 0 Å². The average molecular weight is 416 g/mol. The molecule has 1 aromatic rings. The summed E-state index contributed by atoms with van der Waals surface area (Å²) in [7, 11) is -0.517. The van der Waals surface area contributed by atoms with Crippen LogP contribution in [0.3, 0.4) is 0 Å². The number of aryl methyl sites for hydroxylation is 1. The fourth-order valence-electron chi connectivity index (χ4n) is 3.70. The van der Waals surface area contributed by atoms with Crippen LogP contribution in [0.15, 0.2) is 12.1 Å². The van der Waals surface area contributed by atoms with E-state index < -0.39 is 24.4 Å². The molecule has 0 aromatic heterocycles. The summed E-state index contributed by atoms with van der Waals surface area (Å²) in [6, 6.07) is 3.42. The molecular weight excluding hydrogens is 383 g/mol. The molecule has 0 amide bonds. The molecule has 1 N–H and O–H groups in total. The lowest BCUT2D eigenvalue weighted by Gasteiger charge is -2.32. The molecule has 30 heavy (non-hydrogen) atoms. The predicted octanol–water partition coefficient (Wildman–Crippen LogP) is 2.45. The lowest BCUT2D eigenvalue weighted by Crippen LogP contribution is -2.41. The number of benzene rings is 1. The van der Waals surface area contributed by atoms with Crippen molar-refractivity contribution in [1.82, 2.24) is 5.43 Å². The first kappa shape index (κ1) is 22.8. The highest BCUT2D eigenvalue weighted by atomic mass is 16.7. The third-order valence-corrected chi connectivity index (χ3v) is 6.01. The minimum absolute atomic E-state index is 0.0280. The zero-order valence-corrected chi connectivity index (χ0v) is 19.3. The third-order valence-electron chi connectivity index (χ3n) is 6.01. The van der Waals surface area contributed by atoms with Crippen LogP contribution in [0.1, 0.15) is 65.6 Å². The van der Waals surface area contributed by atoms with Gasteiger partial charge in [-0.05, 0) is 58.5 Å². The van der Waals surface area contributed by atoms with Crippen LogP contribution >= 0.6 is 0 Å². The van der Waals surface area contributed by atoms with E-state index >= 15 is 0 Å². The Kier molecular flexibility index (Phi) is 6.06. The number of hydrogen-bond donors (Lipinski definition) is 1. The molecule has 0 aliphatic carbocycles. The summed E-state index contributed by atoms with van der Waals surface area (Å²) in [5.41, 5.74) is 5.72. The topological polar surface area (TPSA) is 77.1 Å². The van der Waals surface area contributed by atoms with Crippen LogP contribution in [0.4, 0.5) is 5.69 Å². The Balaban J connectivity index is 1.90. The number of ether oxygens (including phenoxy) is 1. The van der Waals surface area contributed by atoms with E-state index in [0.29, 0.717) is 6.61 Å². The van der Waals surface area contributed by atoms with E-state index in [1.807, 2.05) is 60.6 Å². The zero-order chi connectivity index (χ0) is 22.4. The molecule has 2 aliphatic rings. The number of esters is 1. The van der Waals surface area contributed by atoms with Crippen LogP contribution < -0.4 is 15.9 Å². The van der Waals surface area contributed by atoms with Gasteiger partial charge in [-0.1, -0.05) is 26.0 Å². The Morgan fingerprint density at radius 1 is 1.20 bits per heavy atom. The Hall–Kier alpha value is -1.90. The van der Waals surface area contributed by atoms with Crippen LogP contribution in [0.5, 0.6) is 0 Å². The second-order valence-corrected chi connectivity index (χ2v) is 9.70. The fraction of sp³-hybridized carbons (Fsp3) is 0.636. The van der Waals surface area contributed by atoms with E-state index in [0.717, 1.165) is 22.3 Å². The number of carbonyl (C=O) groups is 2. The molecule has 0 radical (unpaired) electrons. The van der Waals surface area contributed by atoms with Crippen molar-refractivity contribution in [2.45, 2.75) is 72.6 Å². The van der Waals surface area contributed by atoms with Gasteiger partial charge in [0.25, 0.3) is 0 Å². The molecule has 7 nitrogen and oxygen atoms in total. The highest BCUT2D eigenvalue weighted by molar-refractivity contribution is 6.62. The van der Waals surface area contributed by atoms with Gasteiger partial charge in [-0.15, -0.1) is 0 Å². The maximum Gasteiger partial charge on any atom is 0.494 e.